The maximum absolute atomic E-state index is 13.4. The van der Waals surface area contributed by atoms with Crippen LogP contribution in [0.5, 0.6) is 0 Å². The van der Waals surface area contributed by atoms with Crippen LogP contribution in [0.15, 0.2) is 0 Å². The molecule has 0 radical (unpaired) electrons. The molecule has 0 heterocycles. The van der Waals surface area contributed by atoms with E-state index < -0.39 is 0 Å². The van der Waals surface area contributed by atoms with Crippen LogP contribution in [0, 0.1) is 29.6 Å². The van der Waals surface area contributed by atoms with Crippen LogP contribution in [0.3, 0.4) is 0 Å². The van der Waals surface area contributed by atoms with Crippen LogP contribution >= 0.6 is 0 Å². The van der Waals surface area contributed by atoms with Crippen molar-refractivity contribution in [1.29, 1.82) is 0 Å². The second kappa shape index (κ2) is 14.4. The van der Waals surface area contributed by atoms with E-state index in [-0.39, 0.29) is 54.1 Å². The highest BCUT2D eigenvalue weighted by Gasteiger charge is 2.31. The third-order valence-corrected chi connectivity index (χ3v) is 9.53. The summed E-state index contributed by atoms with van der Waals surface area (Å²) in [5.41, 5.74) is 0. The van der Waals surface area contributed by atoms with Gasteiger partial charge in [0.25, 0.3) is 0 Å². The summed E-state index contributed by atoms with van der Waals surface area (Å²) >= 11 is 0. The van der Waals surface area contributed by atoms with Crippen molar-refractivity contribution in [2.75, 3.05) is 0 Å². The van der Waals surface area contributed by atoms with E-state index in [1.165, 1.54) is 32.1 Å². The van der Waals surface area contributed by atoms with Crippen molar-refractivity contribution in [3.05, 3.63) is 0 Å². The molecular formula is C30H53N3O3. The summed E-state index contributed by atoms with van der Waals surface area (Å²) in [6, 6.07) is 0.683. The maximum Gasteiger partial charge on any atom is 0.223 e. The van der Waals surface area contributed by atoms with Gasteiger partial charge in [-0.05, 0) is 69.1 Å². The fourth-order valence-corrected chi connectivity index (χ4v) is 6.62. The summed E-state index contributed by atoms with van der Waals surface area (Å²) in [5.74, 6) is 1.01. The van der Waals surface area contributed by atoms with Gasteiger partial charge in [0.2, 0.25) is 17.7 Å². The molecule has 0 spiro atoms. The van der Waals surface area contributed by atoms with Crippen LogP contribution < -0.4 is 16.0 Å². The predicted octanol–water partition coefficient (Wildman–Crippen LogP) is 5.49. The van der Waals surface area contributed by atoms with E-state index in [0.717, 1.165) is 44.9 Å². The molecule has 3 aliphatic carbocycles. The number of nitrogens with one attached hydrogen (secondary N) is 3. The number of amides is 3. The largest absolute Gasteiger partial charge is 0.353 e. The van der Waals surface area contributed by atoms with Crippen molar-refractivity contribution in [2.24, 2.45) is 29.6 Å². The molecule has 0 bridgehead atoms. The highest BCUT2D eigenvalue weighted by molar-refractivity contribution is 5.86. The quantitative estimate of drug-likeness (QED) is 0.368. The van der Waals surface area contributed by atoms with Gasteiger partial charge in [0.1, 0.15) is 0 Å². The van der Waals surface area contributed by atoms with Crippen molar-refractivity contribution >= 4 is 17.7 Å². The van der Waals surface area contributed by atoms with Crippen molar-refractivity contribution in [3.8, 4) is 0 Å². The van der Waals surface area contributed by atoms with Crippen molar-refractivity contribution < 1.29 is 14.4 Å². The average Bonchev–Trinajstić information content (AvgIpc) is 2.85. The highest BCUT2D eigenvalue weighted by Crippen LogP contribution is 2.27. The molecule has 3 N–H and O–H groups in total. The fraction of sp³-hybridized carbons (Fsp3) is 0.900. The second-order valence-corrected chi connectivity index (χ2v) is 12.6. The zero-order valence-corrected chi connectivity index (χ0v) is 23.5. The van der Waals surface area contributed by atoms with Crippen LogP contribution in [0.4, 0.5) is 0 Å². The van der Waals surface area contributed by atoms with Gasteiger partial charge in [-0.1, -0.05) is 66.2 Å². The summed E-state index contributed by atoms with van der Waals surface area (Å²) in [6.45, 7) is 8.62. The van der Waals surface area contributed by atoms with Crippen LogP contribution in [0.1, 0.15) is 124 Å². The van der Waals surface area contributed by atoms with Crippen LogP contribution in [-0.4, -0.2) is 35.8 Å². The minimum absolute atomic E-state index is 0.00546. The van der Waals surface area contributed by atoms with Gasteiger partial charge in [-0.25, -0.2) is 0 Å². The van der Waals surface area contributed by atoms with E-state index in [1.807, 2.05) is 6.92 Å². The first-order valence-electron chi connectivity index (χ1n) is 15.1. The van der Waals surface area contributed by atoms with Crippen molar-refractivity contribution in [2.45, 2.75) is 142 Å². The summed E-state index contributed by atoms with van der Waals surface area (Å²) in [6.07, 6.45) is 15.2. The number of rotatable bonds is 10. The van der Waals surface area contributed by atoms with Crippen LogP contribution in [0.25, 0.3) is 0 Å². The molecule has 0 aromatic carbocycles. The van der Waals surface area contributed by atoms with E-state index in [4.69, 9.17) is 0 Å². The SMILES string of the molecule is CC(CCC(CC(=O)NC1CCCCC1C)C(=O)NC1CCCCC1C)C(=O)NC1CCCCC1C. The molecule has 3 amide bonds. The Balaban J connectivity index is 1.56. The molecule has 3 rings (SSSR count). The summed E-state index contributed by atoms with van der Waals surface area (Å²) in [7, 11) is 0. The summed E-state index contributed by atoms with van der Waals surface area (Å²) < 4.78 is 0. The molecule has 8 unspecified atom stereocenters. The van der Waals surface area contributed by atoms with Crippen molar-refractivity contribution in [3.63, 3.8) is 0 Å². The standard InChI is InChI=1S/C30H53N3O3/c1-20-11-5-8-14-25(20)31-28(34)19-24(30(36)33-27-16-10-7-13-22(27)3)18-17-23(4)29(35)32-26-15-9-6-12-21(26)2/h20-27H,5-19H2,1-4H3,(H,31,34)(H,32,35)(H,33,36). The van der Waals surface area contributed by atoms with E-state index in [2.05, 4.69) is 36.7 Å². The monoisotopic (exact) mass is 503 g/mol. The fourth-order valence-electron chi connectivity index (χ4n) is 6.62. The lowest BCUT2D eigenvalue weighted by atomic mass is 9.84. The predicted molar refractivity (Wildman–Crippen MR) is 145 cm³/mol. The molecule has 8 atom stereocenters. The molecule has 0 saturated heterocycles. The lowest BCUT2D eigenvalue weighted by Gasteiger charge is -2.32. The first-order valence-corrected chi connectivity index (χ1v) is 15.1. The van der Waals surface area contributed by atoms with Gasteiger partial charge >= 0.3 is 0 Å². The molecule has 3 fully saturated rings. The first kappa shape index (κ1) is 29.0. The maximum atomic E-state index is 13.4. The van der Waals surface area contributed by atoms with Gasteiger partial charge in [0.05, 0.1) is 0 Å². The minimum Gasteiger partial charge on any atom is -0.353 e. The normalized spacial score (nSPS) is 32.7. The Morgan fingerprint density at radius 3 is 1.50 bits per heavy atom. The molecule has 206 valence electrons. The third-order valence-electron chi connectivity index (χ3n) is 9.53. The Kier molecular flexibility index (Phi) is 11.6. The number of carbonyl (C=O) groups excluding carboxylic acids is 3. The molecule has 0 aromatic heterocycles. The van der Waals surface area contributed by atoms with Gasteiger partial charge < -0.3 is 16.0 Å². The van der Waals surface area contributed by atoms with Gasteiger partial charge in [0, 0.05) is 36.4 Å². The van der Waals surface area contributed by atoms with Gasteiger partial charge in [-0.15, -0.1) is 0 Å². The van der Waals surface area contributed by atoms with E-state index in [1.54, 1.807) is 0 Å². The molecule has 3 saturated carbocycles. The molecule has 6 nitrogen and oxygen atoms in total. The highest BCUT2D eigenvalue weighted by atomic mass is 16.2. The van der Waals surface area contributed by atoms with E-state index in [9.17, 15) is 14.4 Å². The third kappa shape index (κ3) is 8.76. The van der Waals surface area contributed by atoms with E-state index in [0.29, 0.717) is 30.6 Å². The Morgan fingerprint density at radius 2 is 1.03 bits per heavy atom. The van der Waals surface area contributed by atoms with Gasteiger partial charge in [0.15, 0.2) is 0 Å². The van der Waals surface area contributed by atoms with Gasteiger partial charge in [-0.2, -0.15) is 0 Å². The number of hydrogen-bond acceptors (Lipinski definition) is 3. The second-order valence-electron chi connectivity index (χ2n) is 12.6. The molecular weight excluding hydrogens is 450 g/mol. The first-order chi connectivity index (χ1) is 17.2. The summed E-state index contributed by atoms with van der Waals surface area (Å²) in [5, 5.41) is 9.80. The average molecular weight is 504 g/mol. The Labute approximate surface area is 219 Å². The number of carbonyl (C=O) groups is 3. The Bertz CT molecular complexity index is 726. The van der Waals surface area contributed by atoms with Crippen LogP contribution in [-0.2, 0) is 14.4 Å². The summed E-state index contributed by atoms with van der Waals surface area (Å²) in [4.78, 5) is 39.4. The van der Waals surface area contributed by atoms with E-state index >= 15 is 0 Å². The molecule has 36 heavy (non-hydrogen) atoms. The molecule has 0 aromatic rings. The smallest absolute Gasteiger partial charge is 0.223 e. The molecule has 6 heteroatoms. The topological polar surface area (TPSA) is 87.3 Å². The van der Waals surface area contributed by atoms with Crippen LogP contribution in [0.2, 0.25) is 0 Å². The Hall–Kier alpha value is -1.59. The Morgan fingerprint density at radius 1 is 0.611 bits per heavy atom. The zero-order valence-electron chi connectivity index (χ0n) is 23.5. The number of hydrogen-bond donors (Lipinski definition) is 3. The van der Waals surface area contributed by atoms with Gasteiger partial charge in [-0.3, -0.25) is 14.4 Å². The van der Waals surface area contributed by atoms with Crippen molar-refractivity contribution in [1.82, 2.24) is 16.0 Å². The lowest BCUT2D eigenvalue weighted by Crippen LogP contribution is -2.46. The lowest BCUT2D eigenvalue weighted by molar-refractivity contribution is -0.132. The molecule has 0 aliphatic heterocycles. The minimum atomic E-state index is -0.387. The molecule has 3 aliphatic rings. The zero-order chi connectivity index (χ0) is 26.1.